The van der Waals surface area contributed by atoms with Crippen molar-refractivity contribution in [3.63, 3.8) is 0 Å². The van der Waals surface area contributed by atoms with Crippen LogP contribution in [0.5, 0.6) is 0 Å². The smallest absolute Gasteiger partial charge is 0.129 e. The van der Waals surface area contributed by atoms with Gasteiger partial charge in [0, 0.05) is 24.7 Å². The highest BCUT2D eigenvalue weighted by molar-refractivity contribution is 4.90. The number of hydrogen-bond acceptors (Lipinski definition) is 3. The molecule has 4 heteroatoms. The number of rotatable bonds is 1. The molecule has 1 aromatic rings. The maximum Gasteiger partial charge on any atom is 0.129 e. The van der Waals surface area contributed by atoms with E-state index in [4.69, 9.17) is 0 Å². The Morgan fingerprint density at radius 2 is 1.88 bits per heavy atom. The molecule has 1 aliphatic heterocycles. The third kappa shape index (κ3) is 2.26. The molecular formula is C12H22N4. The first kappa shape index (κ1) is 11.6. The number of nitrogens with zero attached hydrogens (tertiary/aromatic N) is 4. The molecule has 0 aromatic carbocycles. The summed E-state index contributed by atoms with van der Waals surface area (Å²) in [6.45, 7) is 11.2. The van der Waals surface area contributed by atoms with E-state index in [2.05, 4.69) is 40.4 Å². The minimum Gasteiger partial charge on any atom is -0.315 e. The van der Waals surface area contributed by atoms with Crippen LogP contribution in [0.1, 0.15) is 45.5 Å². The molecule has 0 bridgehead atoms. The van der Waals surface area contributed by atoms with E-state index < -0.39 is 0 Å². The Balaban J connectivity index is 1.98. The first-order valence-corrected chi connectivity index (χ1v) is 6.09. The van der Waals surface area contributed by atoms with E-state index in [9.17, 15) is 0 Å². The molecule has 0 aliphatic carbocycles. The predicted molar refractivity (Wildman–Crippen MR) is 64.4 cm³/mol. The molecule has 0 unspecified atom stereocenters. The maximum absolute atomic E-state index is 4.06. The average Bonchev–Trinajstić information content (AvgIpc) is 2.63. The number of aromatic nitrogens is 3. The molecule has 2 rings (SSSR count). The lowest BCUT2D eigenvalue weighted by Crippen LogP contribution is -2.46. The Morgan fingerprint density at radius 1 is 1.25 bits per heavy atom. The molecule has 90 valence electrons. The fraction of sp³-hybridized carbons (Fsp3) is 0.833. The summed E-state index contributed by atoms with van der Waals surface area (Å²) in [6.07, 6.45) is 4.28. The Bertz CT molecular complexity index is 342. The maximum atomic E-state index is 4.06. The van der Waals surface area contributed by atoms with Crippen LogP contribution in [-0.4, -0.2) is 38.3 Å². The highest BCUT2D eigenvalue weighted by atomic mass is 15.3. The lowest BCUT2D eigenvalue weighted by molar-refractivity contribution is 0.0893. The van der Waals surface area contributed by atoms with Gasteiger partial charge in [-0.15, -0.1) is 10.2 Å². The SMILES string of the molecule is Cc1nncn1C1CCN(C(C)(C)C)CC1. The molecule has 1 fully saturated rings. The first-order valence-electron chi connectivity index (χ1n) is 6.09. The molecule has 16 heavy (non-hydrogen) atoms. The molecule has 0 amide bonds. The molecule has 4 nitrogen and oxygen atoms in total. The molecule has 1 saturated heterocycles. The second kappa shape index (κ2) is 4.17. The monoisotopic (exact) mass is 222 g/mol. The van der Waals surface area contributed by atoms with Crippen molar-refractivity contribution in [2.24, 2.45) is 0 Å². The van der Waals surface area contributed by atoms with Gasteiger partial charge in [0.15, 0.2) is 0 Å². The summed E-state index contributed by atoms with van der Waals surface area (Å²) in [4.78, 5) is 2.56. The lowest BCUT2D eigenvalue weighted by Gasteiger charge is -2.41. The van der Waals surface area contributed by atoms with Gasteiger partial charge in [0.1, 0.15) is 12.2 Å². The van der Waals surface area contributed by atoms with E-state index in [1.165, 1.54) is 25.9 Å². The minimum absolute atomic E-state index is 0.299. The van der Waals surface area contributed by atoms with Gasteiger partial charge in [0.25, 0.3) is 0 Å². The molecule has 0 spiro atoms. The summed E-state index contributed by atoms with van der Waals surface area (Å²) in [5, 5.41) is 8.02. The van der Waals surface area contributed by atoms with Crippen LogP contribution in [0, 0.1) is 6.92 Å². The fourth-order valence-corrected chi connectivity index (χ4v) is 2.47. The van der Waals surface area contributed by atoms with Crippen molar-refractivity contribution in [2.45, 2.75) is 52.1 Å². The highest BCUT2D eigenvalue weighted by Crippen LogP contribution is 2.27. The summed E-state index contributed by atoms with van der Waals surface area (Å²) >= 11 is 0. The van der Waals surface area contributed by atoms with E-state index in [-0.39, 0.29) is 0 Å². The molecule has 1 aliphatic rings. The number of aryl methyl sites for hydroxylation is 1. The van der Waals surface area contributed by atoms with Crippen LogP contribution in [0.2, 0.25) is 0 Å². The van der Waals surface area contributed by atoms with Gasteiger partial charge in [-0.05, 0) is 40.5 Å². The quantitative estimate of drug-likeness (QED) is 0.729. The highest BCUT2D eigenvalue weighted by Gasteiger charge is 2.27. The van der Waals surface area contributed by atoms with Crippen LogP contribution < -0.4 is 0 Å². The largest absolute Gasteiger partial charge is 0.315 e. The van der Waals surface area contributed by atoms with E-state index in [0.29, 0.717) is 11.6 Å². The molecule has 0 radical (unpaired) electrons. The fourth-order valence-electron chi connectivity index (χ4n) is 2.47. The van der Waals surface area contributed by atoms with E-state index in [0.717, 1.165) is 5.82 Å². The van der Waals surface area contributed by atoms with Crippen molar-refractivity contribution < 1.29 is 0 Å². The zero-order valence-electron chi connectivity index (χ0n) is 10.8. The van der Waals surface area contributed by atoms with Gasteiger partial charge in [-0.3, -0.25) is 4.90 Å². The first-order chi connectivity index (χ1) is 7.48. The van der Waals surface area contributed by atoms with Gasteiger partial charge in [-0.2, -0.15) is 0 Å². The van der Waals surface area contributed by atoms with Gasteiger partial charge < -0.3 is 4.57 Å². The number of hydrogen-bond donors (Lipinski definition) is 0. The Morgan fingerprint density at radius 3 is 2.31 bits per heavy atom. The van der Waals surface area contributed by atoms with Gasteiger partial charge in [-0.25, -0.2) is 0 Å². The van der Waals surface area contributed by atoms with Gasteiger partial charge in [0.2, 0.25) is 0 Å². The van der Waals surface area contributed by atoms with Crippen LogP contribution in [0.15, 0.2) is 6.33 Å². The van der Waals surface area contributed by atoms with Gasteiger partial charge in [-0.1, -0.05) is 0 Å². The van der Waals surface area contributed by atoms with Crippen LogP contribution in [-0.2, 0) is 0 Å². The van der Waals surface area contributed by atoms with Gasteiger partial charge >= 0.3 is 0 Å². The Labute approximate surface area is 97.7 Å². The second-order valence-electron chi connectivity index (χ2n) is 5.67. The summed E-state index contributed by atoms with van der Waals surface area (Å²) in [5.74, 6) is 1.04. The molecule has 2 heterocycles. The summed E-state index contributed by atoms with van der Waals surface area (Å²) in [6, 6.07) is 0.591. The van der Waals surface area contributed by atoms with Crippen molar-refractivity contribution >= 4 is 0 Å². The molecule has 0 N–H and O–H groups in total. The molecule has 1 aromatic heterocycles. The zero-order valence-corrected chi connectivity index (χ0v) is 10.8. The van der Waals surface area contributed by atoms with E-state index in [1.54, 1.807) is 0 Å². The van der Waals surface area contributed by atoms with Crippen LogP contribution in [0.25, 0.3) is 0 Å². The Kier molecular flexibility index (Phi) is 3.02. The van der Waals surface area contributed by atoms with Crippen LogP contribution in [0.4, 0.5) is 0 Å². The topological polar surface area (TPSA) is 34.0 Å². The van der Waals surface area contributed by atoms with Crippen molar-refractivity contribution in [1.29, 1.82) is 0 Å². The molecular weight excluding hydrogens is 200 g/mol. The van der Waals surface area contributed by atoms with Crippen molar-refractivity contribution in [1.82, 2.24) is 19.7 Å². The van der Waals surface area contributed by atoms with Crippen LogP contribution >= 0.6 is 0 Å². The summed E-state index contributed by atoms with van der Waals surface area (Å²) in [5.41, 5.74) is 0.299. The summed E-state index contributed by atoms with van der Waals surface area (Å²) in [7, 11) is 0. The standard InChI is InChI=1S/C12H22N4/c1-10-14-13-9-16(10)11-5-7-15(8-6-11)12(2,3)4/h9,11H,5-8H2,1-4H3. The van der Waals surface area contributed by atoms with E-state index in [1.807, 2.05) is 13.3 Å². The van der Waals surface area contributed by atoms with Crippen molar-refractivity contribution in [3.05, 3.63) is 12.2 Å². The zero-order chi connectivity index (χ0) is 11.8. The number of piperidine rings is 1. The molecule has 0 saturated carbocycles. The average molecular weight is 222 g/mol. The summed E-state index contributed by atoms with van der Waals surface area (Å²) < 4.78 is 2.22. The second-order valence-corrected chi connectivity index (χ2v) is 5.67. The number of likely N-dealkylation sites (tertiary alicyclic amines) is 1. The Hall–Kier alpha value is -0.900. The van der Waals surface area contributed by atoms with Crippen molar-refractivity contribution in [2.75, 3.05) is 13.1 Å². The third-order valence-corrected chi connectivity index (χ3v) is 3.56. The normalized spacial score (nSPS) is 20.2. The lowest BCUT2D eigenvalue weighted by atomic mass is 9.98. The van der Waals surface area contributed by atoms with E-state index >= 15 is 0 Å². The van der Waals surface area contributed by atoms with Crippen LogP contribution in [0.3, 0.4) is 0 Å². The van der Waals surface area contributed by atoms with Crippen molar-refractivity contribution in [3.8, 4) is 0 Å². The van der Waals surface area contributed by atoms with Gasteiger partial charge in [0.05, 0.1) is 0 Å². The molecule has 0 atom stereocenters. The minimum atomic E-state index is 0.299. The predicted octanol–water partition coefficient (Wildman–Crippen LogP) is 2.02. The third-order valence-electron chi connectivity index (χ3n) is 3.56.